The highest BCUT2D eigenvalue weighted by Crippen LogP contribution is 2.20. The second-order valence-electron chi connectivity index (χ2n) is 8.58. The maximum Gasteiger partial charge on any atom is 0.411 e. The predicted molar refractivity (Wildman–Crippen MR) is 128 cm³/mol. The number of carbonyl (C=O) groups excluding carboxylic acids is 1. The van der Waals surface area contributed by atoms with Crippen LogP contribution in [0.4, 0.5) is 15.3 Å². The summed E-state index contributed by atoms with van der Waals surface area (Å²) in [6.45, 7) is 1.30. The normalized spacial score (nSPS) is 14.0. The minimum atomic E-state index is -0.886. The number of rotatable bonds is 7. The topological polar surface area (TPSA) is 132 Å². The van der Waals surface area contributed by atoms with Crippen LogP contribution in [0, 0.1) is 5.92 Å². The Kier molecular flexibility index (Phi) is 7.44. The summed E-state index contributed by atoms with van der Waals surface area (Å²) < 4.78 is 8.58. The number of nitrogens with zero attached hydrogens (tertiary/aromatic N) is 5. The summed E-state index contributed by atoms with van der Waals surface area (Å²) in [5, 5.41) is 20.3. The number of aryl methyl sites for hydroxylation is 1. The lowest BCUT2D eigenvalue weighted by Gasteiger charge is -2.29. The van der Waals surface area contributed by atoms with Crippen molar-refractivity contribution in [3.8, 4) is 5.69 Å². The molecule has 184 valence electrons. The predicted octanol–water partition coefficient (Wildman–Crippen LogP) is 2.89. The summed E-state index contributed by atoms with van der Waals surface area (Å²) >= 11 is 0. The van der Waals surface area contributed by atoms with E-state index in [-0.39, 0.29) is 12.0 Å². The molecule has 1 saturated heterocycles. The van der Waals surface area contributed by atoms with E-state index in [2.05, 4.69) is 15.5 Å². The summed E-state index contributed by atoms with van der Waals surface area (Å²) in [7, 11) is 1.81. The van der Waals surface area contributed by atoms with Crippen LogP contribution in [-0.2, 0) is 18.2 Å². The quantitative estimate of drug-likeness (QED) is 0.531. The van der Waals surface area contributed by atoms with Gasteiger partial charge < -0.3 is 14.7 Å². The number of benzene rings is 1. The van der Waals surface area contributed by atoms with Crippen LogP contribution in [0.2, 0.25) is 0 Å². The molecule has 1 aromatic carbocycles. The average Bonchev–Trinajstić information content (AvgIpc) is 3.27. The second-order valence-corrected chi connectivity index (χ2v) is 8.58. The van der Waals surface area contributed by atoms with Gasteiger partial charge in [-0.2, -0.15) is 10.2 Å². The standard InChI is InChI=1S/C24H28N6O5/c1-28-16-20(15-25-28)30-11-7-22(31)21(27-30)14-18-3-2-4-19(13-18)26-23(32)35-12-8-17-5-9-29(10-6-17)24(33)34/h2-4,7,11,13,15-17H,5-6,8-10,12,14H2,1H3,(H,26,32)(H,33,34). The molecule has 0 atom stereocenters. The highest BCUT2D eigenvalue weighted by molar-refractivity contribution is 5.84. The zero-order valence-corrected chi connectivity index (χ0v) is 19.5. The van der Waals surface area contributed by atoms with Gasteiger partial charge in [-0.15, -0.1) is 0 Å². The van der Waals surface area contributed by atoms with Crippen LogP contribution in [0.5, 0.6) is 0 Å². The van der Waals surface area contributed by atoms with Gasteiger partial charge in [0.15, 0.2) is 0 Å². The van der Waals surface area contributed by atoms with Crippen LogP contribution < -0.4 is 10.7 Å². The van der Waals surface area contributed by atoms with Crippen molar-refractivity contribution in [3.05, 3.63) is 70.4 Å². The fourth-order valence-corrected chi connectivity index (χ4v) is 4.08. The van der Waals surface area contributed by atoms with Gasteiger partial charge >= 0.3 is 12.2 Å². The molecule has 0 radical (unpaired) electrons. The largest absolute Gasteiger partial charge is 0.465 e. The molecule has 0 spiro atoms. The van der Waals surface area contributed by atoms with Crippen LogP contribution in [0.15, 0.2) is 53.7 Å². The molecule has 2 aromatic heterocycles. The minimum absolute atomic E-state index is 0.169. The third-order valence-electron chi connectivity index (χ3n) is 6.03. The molecule has 3 heterocycles. The SMILES string of the molecule is Cn1cc(-n2ccc(=O)c(Cc3cccc(NC(=O)OCCC4CCN(C(=O)O)CC4)c3)n2)cn1. The van der Waals surface area contributed by atoms with Crippen molar-refractivity contribution < 1.29 is 19.4 Å². The Hall–Kier alpha value is -4.15. The first-order valence-electron chi connectivity index (χ1n) is 11.5. The van der Waals surface area contributed by atoms with Gasteiger partial charge in [0.1, 0.15) is 11.4 Å². The number of likely N-dealkylation sites (tertiary alicyclic amines) is 1. The molecule has 35 heavy (non-hydrogen) atoms. The molecule has 2 amide bonds. The number of carbonyl (C=O) groups is 2. The van der Waals surface area contributed by atoms with Crippen molar-refractivity contribution in [1.82, 2.24) is 24.5 Å². The van der Waals surface area contributed by atoms with E-state index < -0.39 is 12.2 Å². The summed E-state index contributed by atoms with van der Waals surface area (Å²) in [6, 6.07) is 8.66. The van der Waals surface area contributed by atoms with E-state index in [1.54, 1.807) is 53.2 Å². The number of anilines is 1. The van der Waals surface area contributed by atoms with E-state index in [1.807, 2.05) is 6.07 Å². The summed E-state index contributed by atoms with van der Waals surface area (Å²) in [6.07, 6.45) is 6.18. The molecule has 11 heteroatoms. The first-order valence-corrected chi connectivity index (χ1v) is 11.5. The van der Waals surface area contributed by atoms with E-state index in [9.17, 15) is 14.4 Å². The number of hydrogen-bond donors (Lipinski definition) is 2. The average molecular weight is 481 g/mol. The lowest BCUT2D eigenvalue weighted by atomic mass is 9.94. The van der Waals surface area contributed by atoms with Crippen LogP contribution in [0.1, 0.15) is 30.5 Å². The lowest BCUT2D eigenvalue weighted by Crippen LogP contribution is -2.37. The molecule has 0 saturated carbocycles. The van der Waals surface area contributed by atoms with Gasteiger partial charge in [-0.3, -0.25) is 14.8 Å². The molecule has 1 aliphatic rings. The molecule has 2 N–H and O–H groups in total. The van der Waals surface area contributed by atoms with Gasteiger partial charge in [-0.25, -0.2) is 14.3 Å². The Bertz CT molecular complexity index is 1240. The Labute approximate surface area is 201 Å². The van der Waals surface area contributed by atoms with Gasteiger partial charge in [-0.1, -0.05) is 12.1 Å². The summed E-state index contributed by atoms with van der Waals surface area (Å²) in [4.78, 5) is 37.0. The zero-order valence-electron chi connectivity index (χ0n) is 19.5. The van der Waals surface area contributed by atoms with Crippen molar-refractivity contribution in [2.75, 3.05) is 25.0 Å². The monoisotopic (exact) mass is 480 g/mol. The zero-order chi connectivity index (χ0) is 24.8. The molecule has 1 aliphatic heterocycles. The summed E-state index contributed by atoms with van der Waals surface area (Å²) in [5.41, 5.74) is 2.34. The van der Waals surface area contributed by atoms with Crippen molar-refractivity contribution in [2.45, 2.75) is 25.7 Å². The molecule has 3 aromatic rings. The smallest absolute Gasteiger partial charge is 0.411 e. The Morgan fingerprint density at radius 2 is 2.03 bits per heavy atom. The number of nitrogens with one attached hydrogen (secondary N) is 1. The number of piperidine rings is 1. The van der Waals surface area contributed by atoms with E-state index in [0.717, 1.165) is 24.1 Å². The van der Waals surface area contributed by atoms with E-state index in [4.69, 9.17) is 9.84 Å². The van der Waals surface area contributed by atoms with Gasteiger partial charge in [-0.05, 0) is 42.9 Å². The van der Waals surface area contributed by atoms with Crippen LogP contribution in [-0.4, -0.2) is 61.5 Å². The van der Waals surface area contributed by atoms with Crippen molar-refractivity contribution in [3.63, 3.8) is 0 Å². The number of carboxylic acid groups (broad SMARTS) is 1. The van der Waals surface area contributed by atoms with E-state index >= 15 is 0 Å². The van der Waals surface area contributed by atoms with Gasteiger partial charge in [0.25, 0.3) is 0 Å². The molecular weight excluding hydrogens is 452 g/mol. The highest BCUT2D eigenvalue weighted by atomic mass is 16.5. The molecule has 1 fully saturated rings. The number of ether oxygens (including phenoxy) is 1. The molecule has 0 bridgehead atoms. The first-order chi connectivity index (χ1) is 16.9. The lowest BCUT2D eigenvalue weighted by molar-refractivity contribution is 0.114. The van der Waals surface area contributed by atoms with Crippen LogP contribution in [0.3, 0.4) is 0 Å². The number of amides is 2. The van der Waals surface area contributed by atoms with Crippen molar-refractivity contribution in [2.24, 2.45) is 13.0 Å². The Balaban J connectivity index is 1.29. The second kappa shape index (κ2) is 10.9. The third kappa shape index (κ3) is 6.46. The molecular formula is C24H28N6O5. The minimum Gasteiger partial charge on any atom is -0.465 e. The number of aromatic nitrogens is 4. The van der Waals surface area contributed by atoms with Crippen LogP contribution >= 0.6 is 0 Å². The molecule has 0 aliphatic carbocycles. The van der Waals surface area contributed by atoms with E-state index in [0.29, 0.717) is 43.2 Å². The van der Waals surface area contributed by atoms with Gasteiger partial charge in [0.05, 0.1) is 19.0 Å². The van der Waals surface area contributed by atoms with Crippen LogP contribution in [0.25, 0.3) is 5.69 Å². The fraction of sp³-hybridized carbons (Fsp3) is 0.375. The van der Waals surface area contributed by atoms with Gasteiger partial charge in [0.2, 0.25) is 5.43 Å². The summed E-state index contributed by atoms with van der Waals surface area (Å²) in [5.74, 6) is 0.343. The molecule has 11 nitrogen and oxygen atoms in total. The van der Waals surface area contributed by atoms with E-state index in [1.165, 1.54) is 11.0 Å². The fourth-order valence-electron chi connectivity index (χ4n) is 4.08. The third-order valence-corrected chi connectivity index (χ3v) is 6.03. The Morgan fingerprint density at radius 3 is 2.74 bits per heavy atom. The molecule has 0 unspecified atom stereocenters. The first kappa shape index (κ1) is 24.0. The maximum absolute atomic E-state index is 12.4. The highest BCUT2D eigenvalue weighted by Gasteiger charge is 2.22. The Morgan fingerprint density at radius 1 is 1.23 bits per heavy atom. The molecule has 4 rings (SSSR count). The number of hydrogen-bond acceptors (Lipinski definition) is 6. The van der Waals surface area contributed by atoms with Crippen molar-refractivity contribution >= 4 is 17.9 Å². The maximum atomic E-state index is 12.4. The van der Waals surface area contributed by atoms with Gasteiger partial charge in [0, 0.05) is 44.5 Å². The van der Waals surface area contributed by atoms with Crippen molar-refractivity contribution in [1.29, 1.82) is 0 Å².